The lowest BCUT2D eigenvalue weighted by molar-refractivity contribution is 1.28. The lowest BCUT2D eigenvalue weighted by Gasteiger charge is -2.25. The Hall–Kier alpha value is -4.96. The van der Waals surface area contributed by atoms with Gasteiger partial charge in [0, 0.05) is 62.8 Å². The van der Waals surface area contributed by atoms with Crippen LogP contribution >= 0.6 is 22.7 Å². The molecule has 1 nitrogen and oxygen atoms in total. The number of para-hydroxylation sites is 2. The van der Waals surface area contributed by atoms with Crippen molar-refractivity contribution in [2.75, 3.05) is 4.90 Å². The molecule has 1 aliphatic carbocycles. The maximum atomic E-state index is 2.44. The van der Waals surface area contributed by atoms with E-state index in [0.29, 0.717) is 0 Å². The third-order valence-corrected chi connectivity index (χ3v) is 11.2. The monoisotopic (exact) mass is 581 g/mol. The zero-order chi connectivity index (χ0) is 28.1. The highest BCUT2D eigenvalue weighted by Gasteiger charge is 2.24. The van der Waals surface area contributed by atoms with Crippen LogP contribution in [0.15, 0.2) is 140 Å². The summed E-state index contributed by atoms with van der Waals surface area (Å²) < 4.78 is 5.47. The number of nitrogens with zero attached hydrogens (tertiary/aromatic N) is 1. The fraction of sp³-hybridized carbons (Fsp3) is 0. The molecule has 43 heavy (non-hydrogen) atoms. The summed E-state index contributed by atoms with van der Waals surface area (Å²) in [5.41, 5.74) is 8.72. The summed E-state index contributed by atoms with van der Waals surface area (Å²) in [5.74, 6) is 0. The molecule has 0 unspecified atom stereocenters. The predicted octanol–water partition coefficient (Wildman–Crippen LogP) is 12.7. The Balaban J connectivity index is 1.25. The standard InChI is InChI=1S/C40H23NS2/c1-3-9-25(10-4-1)41(26-11-5-2-6-12-26)27-19-17-24(18-20-27)31-23-35-40-37-29(14-8-16-33(37)43-35)28-13-7-15-32-36(28)39-34(42-32)22-21-30(31)38(39)40/h1-23H. The van der Waals surface area contributed by atoms with Crippen molar-refractivity contribution in [3.8, 4) is 22.3 Å². The van der Waals surface area contributed by atoms with Crippen molar-refractivity contribution in [3.05, 3.63) is 140 Å². The molecular formula is C40H23NS2. The van der Waals surface area contributed by atoms with Crippen LogP contribution < -0.4 is 4.90 Å². The Labute approximate surface area is 256 Å². The fourth-order valence-corrected chi connectivity index (χ4v) is 9.52. The molecule has 9 aromatic rings. The number of rotatable bonds is 4. The number of hydrogen-bond donors (Lipinski definition) is 0. The smallest absolute Gasteiger partial charge is 0.0462 e. The summed E-state index contributed by atoms with van der Waals surface area (Å²) in [6, 6.07) is 51.2. The van der Waals surface area contributed by atoms with Crippen molar-refractivity contribution < 1.29 is 0 Å². The van der Waals surface area contributed by atoms with E-state index < -0.39 is 0 Å². The van der Waals surface area contributed by atoms with Gasteiger partial charge >= 0.3 is 0 Å². The molecule has 3 heteroatoms. The second kappa shape index (κ2) is 8.78. The zero-order valence-electron chi connectivity index (χ0n) is 23.0. The van der Waals surface area contributed by atoms with Crippen LogP contribution in [0.1, 0.15) is 0 Å². The molecule has 2 aromatic heterocycles. The molecule has 2 heterocycles. The van der Waals surface area contributed by atoms with E-state index in [4.69, 9.17) is 0 Å². The average molecular weight is 582 g/mol. The third-order valence-electron chi connectivity index (χ3n) is 8.98. The molecule has 0 radical (unpaired) electrons. The second-order valence-electron chi connectivity index (χ2n) is 11.3. The van der Waals surface area contributed by atoms with Gasteiger partial charge in [-0.1, -0.05) is 78.9 Å². The Morgan fingerprint density at radius 1 is 0.349 bits per heavy atom. The van der Waals surface area contributed by atoms with Gasteiger partial charge in [0.2, 0.25) is 0 Å². The van der Waals surface area contributed by atoms with Crippen LogP contribution in [0.3, 0.4) is 0 Å². The third kappa shape index (κ3) is 3.26. The minimum absolute atomic E-state index is 1.15. The molecule has 1 aliphatic rings. The van der Waals surface area contributed by atoms with Gasteiger partial charge in [-0.25, -0.2) is 0 Å². The number of hydrogen-bond acceptors (Lipinski definition) is 3. The van der Waals surface area contributed by atoms with Gasteiger partial charge < -0.3 is 4.90 Å². The minimum atomic E-state index is 1.15. The Bertz CT molecular complexity index is 2470. The minimum Gasteiger partial charge on any atom is -0.311 e. The SMILES string of the molecule is c1ccc(N(c2ccccc2)c2ccc(-c3cc4sc5cccc6c5c4c4c3ccc3sc5cccc-6c5c34)cc2)cc1. The average Bonchev–Trinajstić information content (AvgIpc) is 3.60. The van der Waals surface area contributed by atoms with Gasteiger partial charge in [-0.05, 0) is 88.3 Å². The molecule has 0 N–H and O–H groups in total. The van der Waals surface area contributed by atoms with E-state index in [1.807, 2.05) is 22.7 Å². The van der Waals surface area contributed by atoms with Crippen LogP contribution in [0.25, 0.3) is 73.4 Å². The summed E-state index contributed by atoms with van der Waals surface area (Å²) in [6.45, 7) is 0. The largest absolute Gasteiger partial charge is 0.311 e. The topological polar surface area (TPSA) is 3.24 Å². The highest BCUT2D eigenvalue weighted by Crippen LogP contribution is 2.54. The van der Waals surface area contributed by atoms with Crippen LogP contribution in [-0.2, 0) is 0 Å². The van der Waals surface area contributed by atoms with Gasteiger partial charge in [0.25, 0.3) is 0 Å². The molecular weight excluding hydrogens is 559 g/mol. The summed E-state index contributed by atoms with van der Waals surface area (Å²) in [7, 11) is 0. The van der Waals surface area contributed by atoms with Crippen molar-refractivity contribution in [2.45, 2.75) is 0 Å². The molecule has 0 atom stereocenters. The molecule has 0 aliphatic heterocycles. The first-order valence-corrected chi connectivity index (χ1v) is 16.2. The lowest BCUT2D eigenvalue weighted by atomic mass is 9.93. The van der Waals surface area contributed by atoms with Gasteiger partial charge in [-0.15, -0.1) is 22.7 Å². The lowest BCUT2D eigenvalue weighted by Crippen LogP contribution is -2.09. The molecule has 0 bridgehead atoms. The Morgan fingerprint density at radius 3 is 1.51 bits per heavy atom. The van der Waals surface area contributed by atoms with E-state index in [0.717, 1.165) is 17.1 Å². The van der Waals surface area contributed by atoms with Gasteiger partial charge in [0.05, 0.1) is 0 Å². The molecule has 10 rings (SSSR count). The van der Waals surface area contributed by atoms with Crippen molar-refractivity contribution in [3.63, 3.8) is 0 Å². The quantitative estimate of drug-likeness (QED) is 0.200. The molecule has 0 saturated heterocycles. The molecule has 7 aromatic carbocycles. The van der Waals surface area contributed by atoms with Crippen molar-refractivity contribution in [1.29, 1.82) is 0 Å². The maximum absolute atomic E-state index is 2.44. The number of thiophene rings is 2. The van der Waals surface area contributed by atoms with E-state index in [1.54, 1.807) is 0 Å². The molecule has 0 spiro atoms. The second-order valence-corrected chi connectivity index (χ2v) is 13.4. The molecule has 200 valence electrons. The highest BCUT2D eigenvalue weighted by atomic mass is 32.1. The van der Waals surface area contributed by atoms with Gasteiger partial charge in [0.15, 0.2) is 0 Å². The summed E-state index contributed by atoms with van der Waals surface area (Å²) >= 11 is 3.85. The first-order valence-electron chi connectivity index (χ1n) is 14.6. The Morgan fingerprint density at radius 2 is 0.884 bits per heavy atom. The normalized spacial score (nSPS) is 12.2. The Kier molecular flexibility index (Phi) is 4.81. The van der Waals surface area contributed by atoms with Gasteiger partial charge in [-0.3, -0.25) is 0 Å². The number of anilines is 3. The van der Waals surface area contributed by atoms with Crippen molar-refractivity contribution >= 4 is 90.9 Å². The molecule has 0 fully saturated rings. The van der Waals surface area contributed by atoms with E-state index in [-0.39, 0.29) is 0 Å². The van der Waals surface area contributed by atoms with Crippen LogP contribution in [0.2, 0.25) is 0 Å². The van der Waals surface area contributed by atoms with E-state index in [9.17, 15) is 0 Å². The maximum Gasteiger partial charge on any atom is 0.0462 e. The fourth-order valence-electron chi connectivity index (χ4n) is 7.20. The van der Waals surface area contributed by atoms with E-state index in [2.05, 4.69) is 144 Å². The summed E-state index contributed by atoms with van der Waals surface area (Å²) in [5, 5.41) is 8.42. The van der Waals surface area contributed by atoms with Crippen LogP contribution in [-0.4, -0.2) is 0 Å². The van der Waals surface area contributed by atoms with Crippen LogP contribution in [0.5, 0.6) is 0 Å². The summed E-state index contributed by atoms with van der Waals surface area (Å²) in [6.07, 6.45) is 0. The molecule has 0 amide bonds. The van der Waals surface area contributed by atoms with Crippen LogP contribution in [0.4, 0.5) is 17.1 Å². The molecule has 0 saturated carbocycles. The highest BCUT2D eigenvalue weighted by molar-refractivity contribution is 7.27. The predicted molar refractivity (Wildman–Crippen MR) is 189 cm³/mol. The van der Waals surface area contributed by atoms with Crippen LogP contribution in [0, 0.1) is 0 Å². The van der Waals surface area contributed by atoms with E-state index in [1.165, 1.54) is 73.4 Å². The number of fused-ring (bicyclic) bond motifs is 1. The number of benzene rings is 7. The van der Waals surface area contributed by atoms with E-state index >= 15 is 0 Å². The van der Waals surface area contributed by atoms with Crippen molar-refractivity contribution in [2.24, 2.45) is 0 Å². The first-order chi connectivity index (χ1) is 21.3. The van der Waals surface area contributed by atoms with Crippen molar-refractivity contribution in [1.82, 2.24) is 0 Å². The zero-order valence-corrected chi connectivity index (χ0v) is 24.7. The van der Waals surface area contributed by atoms with Gasteiger partial charge in [0.1, 0.15) is 0 Å². The first kappa shape index (κ1) is 23.6. The van der Waals surface area contributed by atoms with Gasteiger partial charge in [-0.2, -0.15) is 0 Å². The summed E-state index contributed by atoms with van der Waals surface area (Å²) in [4.78, 5) is 2.32.